The summed E-state index contributed by atoms with van der Waals surface area (Å²) >= 11 is 0. The molecule has 3 rings (SSSR count). The van der Waals surface area contributed by atoms with Crippen molar-refractivity contribution in [1.82, 2.24) is 0 Å². The number of nitrogens with zero attached hydrogens (tertiary/aromatic N) is 1. The minimum atomic E-state index is -0.849. The summed E-state index contributed by atoms with van der Waals surface area (Å²) in [7, 11) is 0. The number of benzene rings is 2. The normalized spacial score (nSPS) is 15.5. The summed E-state index contributed by atoms with van der Waals surface area (Å²) in [6.45, 7) is 1.26. The van der Waals surface area contributed by atoms with Crippen LogP contribution in [-0.2, 0) is 4.79 Å². The highest BCUT2D eigenvalue weighted by Crippen LogP contribution is 2.36. The Bertz CT molecular complexity index is 627. The van der Waals surface area contributed by atoms with E-state index in [9.17, 15) is 9.90 Å². The predicted molar refractivity (Wildman–Crippen MR) is 80.7 cm³/mol. The first-order valence-electron chi connectivity index (χ1n) is 7.03. The van der Waals surface area contributed by atoms with Crippen molar-refractivity contribution < 1.29 is 14.6 Å². The summed E-state index contributed by atoms with van der Waals surface area (Å²) < 4.78 is 5.71. The van der Waals surface area contributed by atoms with E-state index in [1.165, 1.54) is 0 Å². The standard InChI is InChI=1S/C17H17NO3/c19-17(20)16(13-7-2-1-3-8-13)18-11-6-12-21-15-10-5-4-9-14(15)18/h1-5,7-10,16H,6,11-12H2,(H,19,20). The zero-order valence-electron chi connectivity index (χ0n) is 11.6. The lowest BCUT2D eigenvalue weighted by Crippen LogP contribution is -2.34. The summed E-state index contributed by atoms with van der Waals surface area (Å²) in [5.41, 5.74) is 1.62. The van der Waals surface area contributed by atoms with Crippen molar-refractivity contribution in [3.63, 3.8) is 0 Å². The van der Waals surface area contributed by atoms with Crippen LogP contribution in [-0.4, -0.2) is 24.2 Å². The maximum Gasteiger partial charge on any atom is 0.331 e. The molecular formula is C17H17NO3. The molecular weight excluding hydrogens is 266 g/mol. The number of anilines is 1. The Hall–Kier alpha value is -2.49. The van der Waals surface area contributed by atoms with Crippen LogP contribution in [0.15, 0.2) is 54.6 Å². The molecule has 21 heavy (non-hydrogen) atoms. The maximum absolute atomic E-state index is 11.8. The molecule has 0 bridgehead atoms. The third kappa shape index (κ3) is 2.70. The van der Waals surface area contributed by atoms with Crippen molar-refractivity contribution in [2.75, 3.05) is 18.1 Å². The van der Waals surface area contributed by atoms with Gasteiger partial charge in [0.15, 0.2) is 6.04 Å². The molecule has 1 unspecified atom stereocenters. The fourth-order valence-electron chi connectivity index (χ4n) is 2.71. The zero-order valence-corrected chi connectivity index (χ0v) is 11.6. The van der Waals surface area contributed by atoms with Crippen LogP contribution in [0.4, 0.5) is 5.69 Å². The molecule has 1 aliphatic heterocycles. The molecule has 1 atom stereocenters. The highest BCUT2D eigenvalue weighted by Gasteiger charge is 2.30. The Balaban J connectivity index is 2.06. The average molecular weight is 283 g/mol. The lowest BCUT2D eigenvalue weighted by atomic mass is 10.0. The average Bonchev–Trinajstić information content (AvgIpc) is 2.71. The third-order valence-electron chi connectivity index (χ3n) is 3.64. The molecule has 1 heterocycles. The van der Waals surface area contributed by atoms with Crippen molar-refractivity contribution >= 4 is 11.7 Å². The highest BCUT2D eigenvalue weighted by atomic mass is 16.5. The molecule has 0 radical (unpaired) electrons. The maximum atomic E-state index is 11.8. The number of fused-ring (bicyclic) bond motifs is 1. The smallest absolute Gasteiger partial charge is 0.331 e. The van der Waals surface area contributed by atoms with Gasteiger partial charge in [-0.2, -0.15) is 0 Å². The van der Waals surface area contributed by atoms with Gasteiger partial charge in [-0.1, -0.05) is 42.5 Å². The lowest BCUT2D eigenvalue weighted by Gasteiger charge is -2.30. The van der Waals surface area contributed by atoms with Crippen molar-refractivity contribution in [2.45, 2.75) is 12.5 Å². The first kappa shape index (κ1) is 13.5. The van der Waals surface area contributed by atoms with Crippen LogP contribution in [0.5, 0.6) is 5.75 Å². The minimum absolute atomic E-state index is 0.606. The van der Waals surface area contributed by atoms with Gasteiger partial charge < -0.3 is 14.7 Å². The first-order valence-corrected chi connectivity index (χ1v) is 7.03. The fourth-order valence-corrected chi connectivity index (χ4v) is 2.71. The van der Waals surface area contributed by atoms with Gasteiger partial charge in [0.25, 0.3) is 0 Å². The quantitative estimate of drug-likeness (QED) is 0.940. The summed E-state index contributed by atoms with van der Waals surface area (Å²) in [5.74, 6) is -0.102. The van der Waals surface area contributed by atoms with Crippen LogP contribution < -0.4 is 9.64 Å². The van der Waals surface area contributed by atoms with Gasteiger partial charge in [-0.05, 0) is 24.1 Å². The van der Waals surface area contributed by atoms with E-state index in [2.05, 4.69) is 0 Å². The van der Waals surface area contributed by atoms with Gasteiger partial charge in [-0.15, -0.1) is 0 Å². The van der Waals surface area contributed by atoms with Gasteiger partial charge in [-0.25, -0.2) is 4.79 Å². The molecule has 0 amide bonds. The number of hydrogen-bond acceptors (Lipinski definition) is 3. The molecule has 0 saturated carbocycles. The molecule has 108 valence electrons. The Morgan fingerprint density at radius 2 is 1.81 bits per heavy atom. The van der Waals surface area contributed by atoms with Crippen molar-refractivity contribution in [2.24, 2.45) is 0 Å². The van der Waals surface area contributed by atoms with E-state index in [-0.39, 0.29) is 0 Å². The molecule has 0 fully saturated rings. The van der Waals surface area contributed by atoms with Gasteiger partial charge in [0.05, 0.1) is 12.3 Å². The van der Waals surface area contributed by atoms with Gasteiger partial charge in [-0.3, -0.25) is 0 Å². The Morgan fingerprint density at radius 1 is 1.10 bits per heavy atom. The summed E-state index contributed by atoms with van der Waals surface area (Å²) in [4.78, 5) is 13.8. The van der Waals surface area contributed by atoms with Crippen LogP contribution in [0.25, 0.3) is 0 Å². The Morgan fingerprint density at radius 3 is 2.57 bits per heavy atom. The first-order chi connectivity index (χ1) is 10.3. The van der Waals surface area contributed by atoms with Gasteiger partial charge in [0, 0.05) is 6.54 Å². The molecule has 0 aliphatic carbocycles. The Labute approximate surface area is 123 Å². The van der Waals surface area contributed by atoms with Crippen molar-refractivity contribution in [3.05, 3.63) is 60.2 Å². The summed E-state index contributed by atoms with van der Waals surface area (Å²) in [5, 5.41) is 9.71. The second-order valence-corrected chi connectivity index (χ2v) is 5.01. The lowest BCUT2D eigenvalue weighted by molar-refractivity contribution is -0.138. The highest BCUT2D eigenvalue weighted by molar-refractivity contribution is 5.81. The second-order valence-electron chi connectivity index (χ2n) is 5.01. The molecule has 2 aromatic carbocycles. The minimum Gasteiger partial charge on any atom is -0.491 e. The topological polar surface area (TPSA) is 49.8 Å². The van der Waals surface area contributed by atoms with Crippen LogP contribution in [0.3, 0.4) is 0 Å². The van der Waals surface area contributed by atoms with Crippen molar-refractivity contribution in [3.8, 4) is 5.75 Å². The van der Waals surface area contributed by atoms with Crippen LogP contribution >= 0.6 is 0 Å². The van der Waals surface area contributed by atoms with Crippen LogP contribution in [0, 0.1) is 0 Å². The number of carbonyl (C=O) groups is 1. The molecule has 0 spiro atoms. The molecule has 2 aromatic rings. The van der Waals surface area contributed by atoms with Crippen LogP contribution in [0.2, 0.25) is 0 Å². The van der Waals surface area contributed by atoms with Gasteiger partial charge in [0.2, 0.25) is 0 Å². The number of carboxylic acids is 1. The molecule has 0 aromatic heterocycles. The van der Waals surface area contributed by atoms with E-state index in [0.29, 0.717) is 13.2 Å². The number of para-hydroxylation sites is 2. The van der Waals surface area contributed by atoms with E-state index in [4.69, 9.17) is 4.74 Å². The Kier molecular flexibility index (Phi) is 3.77. The molecule has 1 N–H and O–H groups in total. The predicted octanol–water partition coefficient (Wildman–Crippen LogP) is 3.10. The number of rotatable bonds is 3. The van der Waals surface area contributed by atoms with E-state index in [1.54, 1.807) is 0 Å². The van der Waals surface area contributed by atoms with E-state index in [0.717, 1.165) is 23.4 Å². The molecule has 1 aliphatic rings. The fraction of sp³-hybridized carbons (Fsp3) is 0.235. The molecule has 4 nitrogen and oxygen atoms in total. The molecule has 0 saturated heterocycles. The van der Waals surface area contributed by atoms with Gasteiger partial charge in [0.1, 0.15) is 5.75 Å². The van der Waals surface area contributed by atoms with E-state index in [1.807, 2.05) is 59.5 Å². The summed E-state index contributed by atoms with van der Waals surface area (Å²) in [6, 6.07) is 16.2. The zero-order chi connectivity index (χ0) is 14.7. The monoisotopic (exact) mass is 283 g/mol. The number of aliphatic carboxylic acids is 1. The van der Waals surface area contributed by atoms with Gasteiger partial charge >= 0.3 is 5.97 Å². The van der Waals surface area contributed by atoms with Crippen LogP contribution in [0.1, 0.15) is 18.0 Å². The number of ether oxygens (including phenoxy) is 1. The molecule has 4 heteroatoms. The van der Waals surface area contributed by atoms with E-state index >= 15 is 0 Å². The SMILES string of the molecule is O=C(O)C(c1ccccc1)N1CCCOc2ccccc21. The number of carboxylic acid groups (broad SMARTS) is 1. The van der Waals surface area contributed by atoms with Crippen molar-refractivity contribution in [1.29, 1.82) is 0 Å². The third-order valence-corrected chi connectivity index (χ3v) is 3.64. The van der Waals surface area contributed by atoms with E-state index < -0.39 is 12.0 Å². The summed E-state index contributed by atoms with van der Waals surface area (Å²) in [6.07, 6.45) is 0.797. The largest absolute Gasteiger partial charge is 0.491 e. The second kappa shape index (κ2) is 5.87. The number of hydrogen-bond donors (Lipinski definition) is 1.